The molecule has 5 N–H and O–H groups in total. The first-order chi connectivity index (χ1) is 17.1. The van der Waals surface area contributed by atoms with Gasteiger partial charge in [0.25, 0.3) is 5.97 Å². The maximum Gasteiger partial charge on any atom is 1.00 e. The molecule has 0 radical (unpaired) electrons. The van der Waals surface area contributed by atoms with Crippen molar-refractivity contribution < 1.29 is 87.9 Å². The van der Waals surface area contributed by atoms with E-state index in [1.165, 1.54) is 36.4 Å². The third-order valence-corrected chi connectivity index (χ3v) is 6.75. The van der Waals surface area contributed by atoms with E-state index < -0.39 is 64.4 Å². The van der Waals surface area contributed by atoms with Crippen LogP contribution in [0.2, 0.25) is 0 Å². The van der Waals surface area contributed by atoms with E-state index in [-0.39, 0.29) is 65.4 Å². The van der Waals surface area contributed by atoms with Crippen LogP contribution < -0.4 is 48.8 Å². The number of rotatable bonds is 4. The van der Waals surface area contributed by atoms with Gasteiger partial charge in [0.1, 0.15) is 30.0 Å². The standard InChI is InChI=1S/C20H14N2O9S2.C2H4O2.2Li/c21-13-7-5-11-15(9-3-1-2-4-10(9)20(23)24)12-6-8-14(22)19(33(28,29)30)17(12)31-16(11)18(13)32(25,26)27;1-2(3)4;;/h1-8,21H,22H2,(H,23,24)(H,25,26,27)(H,28,29,30);1H3,(H,3,4);;/q;;2*+1/p-2. The molecule has 4 rings (SSSR count). The number of aliphatic carboxylic acids is 1. The zero-order valence-electron chi connectivity index (χ0n) is 20.6. The molecule has 17 heteroatoms. The number of fused-ring (bicyclic) bond motifs is 2. The van der Waals surface area contributed by atoms with Crippen LogP contribution in [0.25, 0.3) is 33.4 Å². The zero-order valence-corrected chi connectivity index (χ0v) is 22.2. The summed E-state index contributed by atoms with van der Waals surface area (Å²) in [6.45, 7) is 1.08. The number of carboxylic acids is 2. The van der Waals surface area contributed by atoms with Crippen molar-refractivity contribution in [1.29, 1.82) is 5.41 Å². The van der Waals surface area contributed by atoms with Gasteiger partial charge in [0.05, 0.1) is 16.6 Å². The first-order valence-corrected chi connectivity index (χ1v) is 12.7. The van der Waals surface area contributed by atoms with Crippen LogP contribution in [0.3, 0.4) is 0 Å². The smallest absolute Gasteiger partial charge is 0.744 e. The monoisotopic (exact) mass is 562 g/mol. The maximum atomic E-state index is 12.0. The summed E-state index contributed by atoms with van der Waals surface area (Å²) < 4.78 is 77.2. The van der Waals surface area contributed by atoms with E-state index in [0.29, 0.717) is 0 Å². The molecule has 0 spiro atoms. The summed E-state index contributed by atoms with van der Waals surface area (Å²) in [5, 5.41) is 24.1. The maximum absolute atomic E-state index is 12.0. The van der Waals surface area contributed by atoms with Crippen LogP contribution in [-0.4, -0.2) is 48.1 Å². The fourth-order valence-corrected chi connectivity index (χ4v) is 5.12. The molecule has 0 atom stereocenters. The Morgan fingerprint density at radius 3 is 1.92 bits per heavy atom. The van der Waals surface area contributed by atoms with Crippen LogP contribution in [0.1, 0.15) is 17.3 Å². The fourth-order valence-electron chi connectivity index (χ4n) is 3.67. The summed E-state index contributed by atoms with van der Waals surface area (Å²) in [6.07, 6.45) is 0. The largest absolute Gasteiger partial charge is 1.00 e. The quantitative estimate of drug-likeness (QED) is 0.0801. The minimum absolute atomic E-state index is 0. The van der Waals surface area contributed by atoms with Crippen molar-refractivity contribution in [3.63, 3.8) is 0 Å². The van der Waals surface area contributed by atoms with E-state index in [1.807, 2.05) is 0 Å². The number of carbonyl (C=O) groups is 2. The Morgan fingerprint density at radius 1 is 0.872 bits per heavy atom. The second-order valence-electron chi connectivity index (χ2n) is 7.43. The Kier molecular flexibility index (Phi) is 10.8. The van der Waals surface area contributed by atoms with Gasteiger partial charge in [-0.15, -0.1) is 0 Å². The van der Waals surface area contributed by atoms with Gasteiger partial charge in [-0.2, -0.15) is 0 Å². The topological polar surface area (TPSA) is 252 Å². The van der Waals surface area contributed by atoms with Crippen LogP contribution in [0.5, 0.6) is 0 Å². The minimum atomic E-state index is -5.32. The number of anilines is 1. The normalized spacial score (nSPS) is 11.1. The van der Waals surface area contributed by atoms with E-state index >= 15 is 0 Å². The Balaban J connectivity index is 0.00000119. The molecule has 1 heterocycles. The van der Waals surface area contributed by atoms with Crippen molar-refractivity contribution in [2.45, 2.75) is 16.7 Å². The Bertz CT molecular complexity index is 1830. The number of nitrogen functional groups attached to an aromatic ring is 1. The number of hydrogen-bond acceptors (Lipinski definition) is 11. The molecule has 0 bridgehead atoms. The van der Waals surface area contributed by atoms with Crippen molar-refractivity contribution in [3.05, 3.63) is 59.5 Å². The van der Waals surface area contributed by atoms with Crippen LogP contribution in [0, 0.1) is 5.41 Å². The van der Waals surface area contributed by atoms with E-state index in [4.69, 9.17) is 25.5 Å². The molecule has 0 saturated heterocycles. The van der Waals surface area contributed by atoms with Gasteiger partial charge in [-0.1, -0.05) is 18.2 Å². The van der Waals surface area contributed by atoms with Gasteiger partial charge in [-0.3, -0.25) is 10.2 Å². The van der Waals surface area contributed by atoms with Gasteiger partial charge in [0.2, 0.25) is 0 Å². The van der Waals surface area contributed by atoms with E-state index in [2.05, 4.69) is 0 Å². The number of nitrogens with one attached hydrogen (secondary N) is 1. The molecule has 2 aliphatic rings. The summed E-state index contributed by atoms with van der Waals surface area (Å²) >= 11 is 0. The fraction of sp³-hybridized carbons (Fsp3) is 0.0455. The number of benzene rings is 3. The summed E-state index contributed by atoms with van der Waals surface area (Å²) in [5.74, 6) is -2.90. The molecule has 1 aliphatic carbocycles. The Labute approximate surface area is 245 Å². The van der Waals surface area contributed by atoms with Gasteiger partial charge in [-0.05, 0) is 35.9 Å². The predicted octanol–water partition coefficient (Wildman–Crippen LogP) is -4.13. The molecule has 0 amide bonds. The summed E-state index contributed by atoms with van der Waals surface area (Å²) in [6, 6.07) is 10.2. The van der Waals surface area contributed by atoms with Crippen molar-refractivity contribution in [2.24, 2.45) is 0 Å². The van der Waals surface area contributed by atoms with Crippen LogP contribution in [-0.2, 0) is 25.0 Å². The van der Waals surface area contributed by atoms with E-state index in [1.54, 1.807) is 0 Å². The van der Waals surface area contributed by atoms with Crippen LogP contribution >= 0.6 is 0 Å². The van der Waals surface area contributed by atoms with Gasteiger partial charge in [0.15, 0.2) is 11.3 Å². The molecular formula is C22H16Li2N2O11S2. The number of aromatic carboxylic acids is 1. The SMILES string of the molecule is CC(=O)O.N=c1ccc2c(-c3ccccc3C(=O)O)c3ccc(N)c(S(=O)(=O)[O-])c3oc-2c1S(=O)(=O)[O-].[Li+].[Li+]. The molecule has 2 aromatic carbocycles. The summed E-state index contributed by atoms with van der Waals surface area (Å²) in [5.41, 5.74) is 4.15. The summed E-state index contributed by atoms with van der Waals surface area (Å²) in [7, 11) is -10.6. The Hall–Kier alpha value is -3.12. The minimum Gasteiger partial charge on any atom is -0.744 e. The molecular weight excluding hydrogens is 546 g/mol. The van der Waals surface area contributed by atoms with Crippen molar-refractivity contribution in [2.75, 3.05) is 5.73 Å². The van der Waals surface area contributed by atoms with Gasteiger partial charge in [-0.25, -0.2) is 21.6 Å². The number of carboxylic acid groups (broad SMARTS) is 2. The molecule has 0 unspecified atom stereocenters. The molecule has 0 fully saturated rings. The molecule has 39 heavy (non-hydrogen) atoms. The van der Waals surface area contributed by atoms with Crippen molar-refractivity contribution >= 4 is 48.8 Å². The van der Waals surface area contributed by atoms with E-state index in [9.17, 15) is 35.8 Å². The first kappa shape index (κ1) is 33.9. The third kappa shape index (κ3) is 6.91. The van der Waals surface area contributed by atoms with Gasteiger partial charge < -0.3 is 29.5 Å². The van der Waals surface area contributed by atoms with Crippen LogP contribution in [0.4, 0.5) is 5.69 Å². The molecule has 13 nitrogen and oxygen atoms in total. The average molecular weight is 562 g/mol. The molecule has 194 valence electrons. The van der Waals surface area contributed by atoms with Crippen molar-refractivity contribution in [1.82, 2.24) is 0 Å². The van der Waals surface area contributed by atoms with Gasteiger partial charge >= 0.3 is 43.7 Å². The second kappa shape index (κ2) is 12.4. The Morgan fingerprint density at radius 2 is 1.41 bits per heavy atom. The number of nitrogens with two attached hydrogens (primary N) is 1. The first-order valence-electron chi connectivity index (χ1n) is 9.86. The third-order valence-electron chi connectivity index (χ3n) is 4.92. The second-order valence-corrected chi connectivity index (χ2v) is 10.1. The number of hydrogen-bond donors (Lipinski definition) is 4. The molecule has 2 aromatic rings. The average Bonchev–Trinajstić information content (AvgIpc) is 2.75. The van der Waals surface area contributed by atoms with E-state index in [0.717, 1.165) is 19.1 Å². The summed E-state index contributed by atoms with van der Waals surface area (Å²) in [4.78, 5) is 18.7. The molecule has 0 aromatic heterocycles. The van der Waals surface area contributed by atoms with Gasteiger partial charge in [0, 0.05) is 23.4 Å². The zero-order chi connectivity index (χ0) is 27.9. The molecule has 0 saturated carbocycles. The predicted molar refractivity (Wildman–Crippen MR) is 125 cm³/mol. The molecule has 1 aliphatic heterocycles. The van der Waals surface area contributed by atoms with Crippen molar-refractivity contribution in [3.8, 4) is 22.5 Å². The van der Waals surface area contributed by atoms with Crippen LogP contribution in [0.15, 0.2) is 62.7 Å².